The Kier molecular flexibility index (Phi) is 2.63. The maximum atomic E-state index is 13.3. The van der Waals surface area contributed by atoms with Crippen LogP contribution < -0.4 is 5.32 Å². The Hall–Kier alpha value is -1.35. The predicted octanol–water partition coefficient (Wildman–Crippen LogP) is 3.05. The Balaban J connectivity index is 1.97. The summed E-state index contributed by atoms with van der Waals surface area (Å²) in [5, 5.41) is 4.63. The summed E-state index contributed by atoms with van der Waals surface area (Å²) in [5.74, 6) is -0.160. The summed E-state index contributed by atoms with van der Waals surface area (Å²) in [7, 11) is 0. The highest BCUT2D eigenvalue weighted by Gasteiger charge is 2.20. The Bertz CT molecular complexity index is 540. The maximum Gasteiger partial charge on any atom is 0.125 e. The van der Waals surface area contributed by atoms with Gasteiger partial charge in [-0.25, -0.2) is 4.39 Å². The summed E-state index contributed by atoms with van der Waals surface area (Å²) in [6, 6.07) is 7.88. The molecule has 17 heavy (non-hydrogen) atoms. The summed E-state index contributed by atoms with van der Waals surface area (Å²) in [6.07, 6.45) is 2.59. The minimum absolute atomic E-state index is 0.160. The van der Waals surface area contributed by atoms with Crippen LogP contribution in [0.1, 0.15) is 25.5 Å². The molecule has 1 saturated carbocycles. The van der Waals surface area contributed by atoms with E-state index in [-0.39, 0.29) is 5.82 Å². The predicted molar refractivity (Wildman–Crippen MR) is 67.4 cm³/mol. The quantitative estimate of drug-likeness (QED) is 0.857. The molecule has 0 spiro atoms. The van der Waals surface area contributed by atoms with Crippen LogP contribution in [0.3, 0.4) is 0 Å². The van der Waals surface area contributed by atoms with Crippen LogP contribution in [-0.2, 0) is 13.1 Å². The summed E-state index contributed by atoms with van der Waals surface area (Å²) in [5.41, 5.74) is 2.25. The molecule has 0 bridgehead atoms. The first kappa shape index (κ1) is 10.8. The average molecular weight is 232 g/mol. The molecular weight excluding hydrogens is 215 g/mol. The van der Waals surface area contributed by atoms with E-state index in [9.17, 15) is 4.39 Å². The Morgan fingerprint density at radius 2 is 2.18 bits per heavy atom. The molecule has 2 nitrogen and oxygen atoms in total. The van der Waals surface area contributed by atoms with Crippen molar-refractivity contribution in [3.8, 4) is 0 Å². The van der Waals surface area contributed by atoms with Crippen molar-refractivity contribution in [1.29, 1.82) is 0 Å². The van der Waals surface area contributed by atoms with Crippen LogP contribution in [0.15, 0.2) is 24.3 Å². The number of hydrogen-bond donors (Lipinski definition) is 1. The zero-order valence-electron chi connectivity index (χ0n) is 10.0. The molecule has 0 radical (unpaired) electrons. The number of aryl methyl sites for hydroxylation is 1. The van der Waals surface area contributed by atoms with Crippen molar-refractivity contribution in [3.05, 3.63) is 35.8 Å². The van der Waals surface area contributed by atoms with E-state index in [1.165, 1.54) is 24.6 Å². The molecule has 0 unspecified atom stereocenters. The van der Waals surface area contributed by atoms with E-state index in [1.54, 1.807) is 6.07 Å². The van der Waals surface area contributed by atoms with Crippen molar-refractivity contribution in [1.82, 2.24) is 9.88 Å². The van der Waals surface area contributed by atoms with E-state index in [0.29, 0.717) is 6.04 Å². The highest BCUT2D eigenvalue weighted by atomic mass is 19.1. The van der Waals surface area contributed by atoms with Gasteiger partial charge in [-0.05, 0) is 44.0 Å². The lowest BCUT2D eigenvalue weighted by molar-refractivity contribution is 0.622. The number of fused-ring (bicyclic) bond motifs is 1. The first-order valence-corrected chi connectivity index (χ1v) is 6.29. The van der Waals surface area contributed by atoms with Crippen molar-refractivity contribution in [2.45, 2.75) is 38.9 Å². The van der Waals surface area contributed by atoms with Crippen molar-refractivity contribution >= 4 is 10.9 Å². The number of benzene rings is 1. The van der Waals surface area contributed by atoms with Crippen molar-refractivity contribution in [2.24, 2.45) is 0 Å². The van der Waals surface area contributed by atoms with E-state index >= 15 is 0 Å². The molecule has 1 aliphatic rings. The van der Waals surface area contributed by atoms with Gasteiger partial charge in [0.05, 0.1) is 5.52 Å². The third-order valence-corrected chi connectivity index (χ3v) is 3.42. The fourth-order valence-electron chi connectivity index (χ4n) is 2.34. The van der Waals surface area contributed by atoms with Gasteiger partial charge in [0, 0.05) is 30.2 Å². The van der Waals surface area contributed by atoms with E-state index in [2.05, 4.69) is 22.9 Å². The summed E-state index contributed by atoms with van der Waals surface area (Å²) in [6.45, 7) is 3.87. The molecular formula is C14H17FN2. The first-order valence-electron chi connectivity index (χ1n) is 6.29. The number of aromatic nitrogens is 1. The molecule has 0 atom stereocenters. The highest BCUT2D eigenvalue weighted by Crippen LogP contribution is 2.23. The Morgan fingerprint density at radius 1 is 1.35 bits per heavy atom. The lowest BCUT2D eigenvalue weighted by Crippen LogP contribution is -2.17. The molecule has 0 saturated heterocycles. The monoisotopic (exact) mass is 232 g/mol. The minimum Gasteiger partial charge on any atom is -0.344 e. The fourth-order valence-corrected chi connectivity index (χ4v) is 2.34. The van der Waals surface area contributed by atoms with Gasteiger partial charge in [-0.15, -0.1) is 0 Å². The molecule has 1 aliphatic carbocycles. The molecule has 1 aromatic heterocycles. The van der Waals surface area contributed by atoms with Crippen LogP contribution in [0.2, 0.25) is 0 Å². The lowest BCUT2D eigenvalue weighted by atomic mass is 10.2. The molecule has 1 N–H and O–H groups in total. The molecule has 3 rings (SSSR count). The SMILES string of the molecule is CCn1c(CNC2CC2)cc2ccc(F)cc21. The zero-order valence-corrected chi connectivity index (χ0v) is 10.0. The number of nitrogens with one attached hydrogen (secondary N) is 1. The van der Waals surface area contributed by atoms with Gasteiger partial charge in [0.2, 0.25) is 0 Å². The average Bonchev–Trinajstić information content (AvgIpc) is 3.08. The van der Waals surface area contributed by atoms with E-state index in [4.69, 9.17) is 0 Å². The second kappa shape index (κ2) is 4.15. The second-order valence-corrected chi connectivity index (χ2v) is 4.74. The molecule has 1 fully saturated rings. The van der Waals surface area contributed by atoms with Gasteiger partial charge in [0.25, 0.3) is 0 Å². The largest absolute Gasteiger partial charge is 0.344 e. The van der Waals surface area contributed by atoms with Gasteiger partial charge >= 0.3 is 0 Å². The Labute approximate surface area is 100 Å². The number of rotatable bonds is 4. The van der Waals surface area contributed by atoms with Gasteiger partial charge in [0.1, 0.15) is 5.82 Å². The van der Waals surface area contributed by atoms with Crippen molar-refractivity contribution < 1.29 is 4.39 Å². The van der Waals surface area contributed by atoms with Gasteiger partial charge < -0.3 is 9.88 Å². The van der Waals surface area contributed by atoms with E-state index < -0.39 is 0 Å². The standard InChI is InChI=1S/C14H17FN2/c1-2-17-13(9-16-12-5-6-12)7-10-3-4-11(15)8-14(10)17/h3-4,7-8,12,16H,2,5-6,9H2,1H3. The van der Waals surface area contributed by atoms with Crippen LogP contribution in [0.25, 0.3) is 10.9 Å². The topological polar surface area (TPSA) is 17.0 Å². The van der Waals surface area contributed by atoms with Gasteiger partial charge in [-0.2, -0.15) is 0 Å². The molecule has 1 heterocycles. The van der Waals surface area contributed by atoms with Gasteiger partial charge in [-0.3, -0.25) is 0 Å². The van der Waals surface area contributed by atoms with Gasteiger partial charge in [0.15, 0.2) is 0 Å². The zero-order chi connectivity index (χ0) is 11.8. The molecule has 0 aliphatic heterocycles. The van der Waals surface area contributed by atoms with Crippen LogP contribution in [-0.4, -0.2) is 10.6 Å². The summed E-state index contributed by atoms with van der Waals surface area (Å²) < 4.78 is 15.4. The lowest BCUT2D eigenvalue weighted by Gasteiger charge is -2.08. The second-order valence-electron chi connectivity index (χ2n) is 4.74. The minimum atomic E-state index is -0.160. The number of halogens is 1. The van der Waals surface area contributed by atoms with Crippen LogP contribution in [0, 0.1) is 5.82 Å². The van der Waals surface area contributed by atoms with Crippen LogP contribution in [0.4, 0.5) is 4.39 Å². The highest BCUT2D eigenvalue weighted by molar-refractivity contribution is 5.81. The Morgan fingerprint density at radius 3 is 2.88 bits per heavy atom. The van der Waals surface area contributed by atoms with Crippen molar-refractivity contribution in [2.75, 3.05) is 0 Å². The summed E-state index contributed by atoms with van der Waals surface area (Å²) >= 11 is 0. The van der Waals surface area contributed by atoms with E-state index in [1.807, 2.05) is 6.07 Å². The number of nitrogens with zero attached hydrogens (tertiary/aromatic N) is 1. The molecule has 90 valence electrons. The third kappa shape index (κ3) is 2.07. The van der Waals surface area contributed by atoms with Gasteiger partial charge in [-0.1, -0.05) is 0 Å². The molecule has 0 amide bonds. The normalized spacial score (nSPS) is 15.6. The third-order valence-electron chi connectivity index (χ3n) is 3.42. The maximum absolute atomic E-state index is 13.3. The van der Waals surface area contributed by atoms with Crippen LogP contribution >= 0.6 is 0 Å². The fraction of sp³-hybridized carbons (Fsp3) is 0.429. The van der Waals surface area contributed by atoms with Crippen LogP contribution in [0.5, 0.6) is 0 Å². The number of hydrogen-bond acceptors (Lipinski definition) is 1. The summed E-state index contributed by atoms with van der Waals surface area (Å²) in [4.78, 5) is 0. The molecule has 3 heteroatoms. The molecule has 2 aromatic rings. The molecule has 1 aromatic carbocycles. The van der Waals surface area contributed by atoms with E-state index in [0.717, 1.165) is 24.0 Å². The van der Waals surface area contributed by atoms with Crippen molar-refractivity contribution in [3.63, 3.8) is 0 Å². The first-order chi connectivity index (χ1) is 8.28. The smallest absolute Gasteiger partial charge is 0.125 e.